The molecule has 0 aromatic heterocycles. The smallest absolute Gasteiger partial charge is 0.171 e. The second-order valence-electron chi connectivity index (χ2n) is 4.92. The number of amidine groups is 1. The van der Waals surface area contributed by atoms with Gasteiger partial charge in [-0.1, -0.05) is 37.2 Å². The van der Waals surface area contributed by atoms with E-state index in [2.05, 4.69) is 41.0 Å². The van der Waals surface area contributed by atoms with Crippen molar-refractivity contribution in [1.29, 1.82) is 0 Å². The molecule has 0 saturated carbocycles. The number of hydrogen-bond donors (Lipinski definition) is 2. The Labute approximate surface area is 132 Å². The lowest BCUT2D eigenvalue weighted by Crippen LogP contribution is -2.13. The van der Waals surface area contributed by atoms with Crippen LogP contribution in [0.3, 0.4) is 0 Å². The van der Waals surface area contributed by atoms with E-state index in [0.29, 0.717) is 21.7 Å². The summed E-state index contributed by atoms with van der Waals surface area (Å²) >= 11 is 3.40. The Bertz CT molecular complexity index is 669. The van der Waals surface area contributed by atoms with Crippen LogP contribution in [0.15, 0.2) is 52.1 Å². The van der Waals surface area contributed by atoms with Gasteiger partial charge < -0.3 is 15.7 Å². The first-order chi connectivity index (χ1) is 10.0. The molecule has 0 unspecified atom stereocenters. The van der Waals surface area contributed by atoms with Crippen molar-refractivity contribution in [3.8, 4) is 11.5 Å². The van der Waals surface area contributed by atoms with Gasteiger partial charge in [0.05, 0.1) is 0 Å². The van der Waals surface area contributed by atoms with Crippen LogP contribution in [0.4, 0.5) is 0 Å². The number of halogens is 1. The minimum Gasteiger partial charge on any atom is -0.457 e. The predicted molar refractivity (Wildman–Crippen MR) is 87.3 cm³/mol. The maximum atomic E-state index is 8.73. The molecule has 0 radical (unpaired) electrons. The third kappa shape index (κ3) is 3.55. The topological polar surface area (TPSA) is 67.8 Å². The zero-order chi connectivity index (χ0) is 15.4. The third-order valence-electron chi connectivity index (χ3n) is 3.09. The zero-order valence-corrected chi connectivity index (χ0v) is 13.5. The minimum atomic E-state index is 0.0519. The minimum absolute atomic E-state index is 0.0519. The van der Waals surface area contributed by atoms with Crippen LogP contribution in [-0.4, -0.2) is 11.0 Å². The van der Waals surface area contributed by atoms with Crippen molar-refractivity contribution >= 4 is 21.8 Å². The van der Waals surface area contributed by atoms with Crippen LogP contribution >= 0.6 is 15.9 Å². The molecule has 4 nitrogen and oxygen atoms in total. The molecule has 110 valence electrons. The van der Waals surface area contributed by atoms with Gasteiger partial charge >= 0.3 is 0 Å². The molecule has 0 atom stereocenters. The van der Waals surface area contributed by atoms with E-state index >= 15 is 0 Å². The fraction of sp³-hybridized carbons (Fsp3) is 0.188. The molecule has 3 N–H and O–H groups in total. The van der Waals surface area contributed by atoms with Crippen LogP contribution in [-0.2, 0) is 0 Å². The maximum Gasteiger partial charge on any atom is 0.171 e. The van der Waals surface area contributed by atoms with Gasteiger partial charge in [0.25, 0.3) is 0 Å². The Morgan fingerprint density at radius 1 is 1.24 bits per heavy atom. The number of nitrogens with zero attached hydrogens (tertiary/aromatic N) is 1. The van der Waals surface area contributed by atoms with Crippen LogP contribution in [0.2, 0.25) is 0 Å². The molecule has 0 fully saturated rings. The van der Waals surface area contributed by atoms with Gasteiger partial charge in [-0.2, -0.15) is 0 Å². The van der Waals surface area contributed by atoms with E-state index in [-0.39, 0.29) is 5.84 Å². The second kappa shape index (κ2) is 6.63. The van der Waals surface area contributed by atoms with Crippen molar-refractivity contribution < 1.29 is 9.94 Å². The summed E-state index contributed by atoms with van der Waals surface area (Å²) in [4.78, 5) is 0. The number of hydrogen-bond acceptors (Lipinski definition) is 3. The van der Waals surface area contributed by atoms with E-state index in [9.17, 15) is 0 Å². The zero-order valence-electron chi connectivity index (χ0n) is 11.9. The third-order valence-corrected chi connectivity index (χ3v) is 3.75. The summed E-state index contributed by atoms with van der Waals surface area (Å²) in [7, 11) is 0. The average molecular weight is 349 g/mol. The molecule has 5 heteroatoms. The molecule has 2 rings (SSSR count). The predicted octanol–water partition coefficient (Wildman–Crippen LogP) is 4.46. The Balaban J connectivity index is 2.31. The molecule has 0 spiro atoms. The lowest BCUT2D eigenvalue weighted by molar-refractivity contribution is 0.318. The van der Waals surface area contributed by atoms with Crippen molar-refractivity contribution in [3.05, 3.63) is 58.1 Å². The highest BCUT2D eigenvalue weighted by molar-refractivity contribution is 9.10. The van der Waals surface area contributed by atoms with E-state index in [4.69, 9.17) is 15.7 Å². The lowest BCUT2D eigenvalue weighted by atomic mass is 10.0. The number of oxime groups is 1. The van der Waals surface area contributed by atoms with Crippen LogP contribution in [0.5, 0.6) is 11.5 Å². The Morgan fingerprint density at radius 3 is 2.57 bits per heavy atom. The molecule has 0 amide bonds. The fourth-order valence-electron chi connectivity index (χ4n) is 2.00. The monoisotopic (exact) mass is 348 g/mol. The molecule has 0 bridgehead atoms. The molecule has 21 heavy (non-hydrogen) atoms. The number of para-hydroxylation sites is 1. The first-order valence-corrected chi connectivity index (χ1v) is 7.36. The van der Waals surface area contributed by atoms with Crippen LogP contribution in [0.25, 0.3) is 0 Å². The van der Waals surface area contributed by atoms with E-state index < -0.39 is 0 Å². The summed E-state index contributed by atoms with van der Waals surface area (Å²) in [5.41, 5.74) is 7.35. The van der Waals surface area contributed by atoms with E-state index in [1.165, 1.54) is 0 Å². The molecule has 0 aliphatic heterocycles. The van der Waals surface area contributed by atoms with Gasteiger partial charge in [0.2, 0.25) is 0 Å². The number of rotatable bonds is 4. The molecule has 0 aliphatic rings. The van der Waals surface area contributed by atoms with Gasteiger partial charge in [-0.3, -0.25) is 0 Å². The molecule has 0 saturated heterocycles. The average Bonchev–Trinajstić information content (AvgIpc) is 2.47. The Kier molecular flexibility index (Phi) is 4.85. The fourth-order valence-corrected chi connectivity index (χ4v) is 2.56. The van der Waals surface area contributed by atoms with Crippen LogP contribution in [0, 0.1) is 0 Å². The van der Waals surface area contributed by atoms with Gasteiger partial charge in [0.1, 0.15) is 11.5 Å². The van der Waals surface area contributed by atoms with E-state index in [0.717, 1.165) is 11.3 Å². The summed E-state index contributed by atoms with van der Waals surface area (Å²) in [6.45, 7) is 4.25. The van der Waals surface area contributed by atoms with Crippen molar-refractivity contribution in [3.63, 3.8) is 0 Å². The number of ether oxygens (including phenoxy) is 1. The number of nitrogens with two attached hydrogens (primary N) is 1. The van der Waals surface area contributed by atoms with Crippen LogP contribution < -0.4 is 10.5 Å². The first-order valence-electron chi connectivity index (χ1n) is 6.57. The van der Waals surface area contributed by atoms with Gasteiger partial charge in [0, 0.05) is 10.0 Å². The summed E-state index contributed by atoms with van der Waals surface area (Å²) in [6, 6.07) is 13.3. The van der Waals surface area contributed by atoms with E-state index in [1.54, 1.807) is 18.2 Å². The van der Waals surface area contributed by atoms with Crippen molar-refractivity contribution in [1.82, 2.24) is 0 Å². The van der Waals surface area contributed by atoms with E-state index in [1.807, 2.05) is 18.2 Å². The molecular formula is C16H17BrN2O2. The molecule has 2 aromatic carbocycles. The summed E-state index contributed by atoms with van der Waals surface area (Å²) < 4.78 is 6.65. The highest BCUT2D eigenvalue weighted by Gasteiger charge is 2.10. The SMILES string of the molecule is CC(C)c1ccccc1Oc1ccc(/C(N)=N/O)c(Br)c1. The lowest BCUT2D eigenvalue weighted by Gasteiger charge is -2.14. The summed E-state index contributed by atoms with van der Waals surface area (Å²) in [5, 5.41) is 11.7. The molecular weight excluding hydrogens is 332 g/mol. The quantitative estimate of drug-likeness (QED) is 0.371. The Morgan fingerprint density at radius 2 is 1.95 bits per heavy atom. The van der Waals surface area contributed by atoms with Crippen molar-refractivity contribution in [2.45, 2.75) is 19.8 Å². The molecule has 2 aromatic rings. The Hall–Kier alpha value is -2.01. The van der Waals surface area contributed by atoms with Crippen molar-refractivity contribution in [2.24, 2.45) is 10.9 Å². The normalized spacial score (nSPS) is 11.7. The van der Waals surface area contributed by atoms with Crippen molar-refractivity contribution in [2.75, 3.05) is 0 Å². The number of benzene rings is 2. The standard InChI is InChI=1S/C16H17BrN2O2/c1-10(2)12-5-3-4-6-15(12)21-11-7-8-13(14(17)9-11)16(18)19-20/h3-10,20H,1-2H3,(H2,18,19). The van der Waals surface area contributed by atoms with Gasteiger partial charge in [-0.25, -0.2) is 0 Å². The van der Waals surface area contributed by atoms with Gasteiger partial charge in [0.15, 0.2) is 5.84 Å². The summed E-state index contributed by atoms with van der Waals surface area (Å²) in [5.74, 6) is 1.94. The maximum absolute atomic E-state index is 8.73. The largest absolute Gasteiger partial charge is 0.457 e. The summed E-state index contributed by atoms with van der Waals surface area (Å²) in [6.07, 6.45) is 0. The van der Waals surface area contributed by atoms with Gasteiger partial charge in [-0.15, -0.1) is 0 Å². The molecule has 0 aliphatic carbocycles. The highest BCUT2D eigenvalue weighted by Crippen LogP contribution is 2.32. The first kappa shape index (κ1) is 15.4. The second-order valence-corrected chi connectivity index (χ2v) is 5.78. The van der Waals surface area contributed by atoms with Gasteiger partial charge in [-0.05, 0) is 51.7 Å². The highest BCUT2D eigenvalue weighted by atomic mass is 79.9. The van der Waals surface area contributed by atoms with Crippen LogP contribution in [0.1, 0.15) is 30.9 Å². The molecule has 0 heterocycles.